The van der Waals surface area contributed by atoms with E-state index in [1.165, 1.54) is 4.91 Å². The van der Waals surface area contributed by atoms with E-state index in [1.54, 1.807) is 31.0 Å². The van der Waals surface area contributed by atoms with Gasteiger partial charge in [-0.15, -0.1) is 11.8 Å². The van der Waals surface area contributed by atoms with Crippen LogP contribution in [0.3, 0.4) is 0 Å². The largest absolute Gasteiger partial charge is 0.497 e. The van der Waals surface area contributed by atoms with E-state index in [0.29, 0.717) is 17.9 Å². The molecule has 0 unspecified atom stereocenters. The molecule has 0 atom stereocenters. The maximum Gasteiger partial charge on any atom is 0.251 e. The minimum Gasteiger partial charge on any atom is -0.497 e. The number of hydrogen-bond acceptors (Lipinski definition) is 3. The molecule has 1 amide bonds. The predicted octanol–water partition coefficient (Wildman–Crippen LogP) is 3.08. The van der Waals surface area contributed by atoms with Gasteiger partial charge in [0.2, 0.25) is 0 Å². The van der Waals surface area contributed by atoms with Crippen LogP contribution in [-0.2, 0) is 0 Å². The topological polar surface area (TPSA) is 38.3 Å². The highest BCUT2D eigenvalue weighted by molar-refractivity contribution is 8.02. The van der Waals surface area contributed by atoms with Gasteiger partial charge in [-0.25, -0.2) is 0 Å². The van der Waals surface area contributed by atoms with Crippen molar-refractivity contribution in [2.24, 2.45) is 0 Å². The van der Waals surface area contributed by atoms with Gasteiger partial charge in [-0.05, 0) is 42.7 Å². The zero-order valence-corrected chi connectivity index (χ0v) is 11.8. The number of amides is 1. The molecule has 4 heteroatoms. The molecule has 1 aromatic rings. The van der Waals surface area contributed by atoms with Crippen molar-refractivity contribution in [2.75, 3.05) is 19.9 Å². The van der Waals surface area contributed by atoms with Crippen molar-refractivity contribution >= 4 is 17.7 Å². The monoisotopic (exact) mass is 265 g/mol. The van der Waals surface area contributed by atoms with Crippen molar-refractivity contribution in [2.45, 2.75) is 13.3 Å². The maximum absolute atomic E-state index is 11.9. The molecule has 1 rings (SSSR count). The summed E-state index contributed by atoms with van der Waals surface area (Å²) in [6.07, 6.45) is 4.98. The molecule has 3 nitrogen and oxygen atoms in total. The van der Waals surface area contributed by atoms with Gasteiger partial charge in [0.1, 0.15) is 5.75 Å². The number of carbonyl (C=O) groups excluding carboxylic acids is 1. The lowest BCUT2D eigenvalue weighted by molar-refractivity contribution is 0.0954. The number of rotatable bonds is 6. The highest BCUT2D eigenvalue weighted by Crippen LogP contribution is 2.15. The summed E-state index contributed by atoms with van der Waals surface area (Å²) in [7, 11) is 1.59. The quantitative estimate of drug-likeness (QED) is 0.859. The van der Waals surface area contributed by atoms with Crippen molar-refractivity contribution in [3.63, 3.8) is 0 Å². The first-order chi connectivity index (χ1) is 8.71. The van der Waals surface area contributed by atoms with Gasteiger partial charge in [0.15, 0.2) is 0 Å². The Labute approximate surface area is 113 Å². The van der Waals surface area contributed by atoms with Crippen LogP contribution in [0.2, 0.25) is 0 Å². The van der Waals surface area contributed by atoms with Crippen LogP contribution in [0.5, 0.6) is 5.75 Å². The maximum atomic E-state index is 11.9. The molecule has 0 aliphatic rings. The second kappa shape index (κ2) is 7.82. The zero-order chi connectivity index (χ0) is 13.4. The minimum atomic E-state index is -0.0644. The number of benzene rings is 1. The second-order valence-electron chi connectivity index (χ2n) is 3.70. The molecule has 18 heavy (non-hydrogen) atoms. The molecular weight excluding hydrogens is 246 g/mol. The average molecular weight is 265 g/mol. The third kappa shape index (κ3) is 4.45. The first-order valence-corrected chi connectivity index (χ1v) is 7.05. The Morgan fingerprint density at radius 1 is 1.50 bits per heavy atom. The van der Waals surface area contributed by atoms with Crippen LogP contribution in [0, 0.1) is 0 Å². The van der Waals surface area contributed by atoms with E-state index in [9.17, 15) is 4.79 Å². The number of nitrogens with one attached hydrogen (secondary N) is 1. The van der Waals surface area contributed by atoms with E-state index < -0.39 is 0 Å². The fourth-order valence-electron chi connectivity index (χ4n) is 1.53. The summed E-state index contributed by atoms with van der Waals surface area (Å²) in [6, 6.07) is 7.15. The van der Waals surface area contributed by atoms with Crippen LogP contribution in [-0.4, -0.2) is 25.8 Å². The molecule has 0 saturated heterocycles. The molecule has 0 saturated carbocycles. The van der Waals surface area contributed by atoms with Crippen LogP contribution >= 0.6 is 11.8 Å². The van der Waals surface area contributed by atoms with Crippen LogP contribution in [0.1, 0.15) is 23.7 Å². The number of allylic oxidation sites excluding steroid dienone is 1. The van der Waals surface area contributed by atoms with Gasteiger partial charge in [0, 0.05) is 12.1 Å². The van der Waals surface area contributed by atoms with Crippen LogP contribution in [0.4, 0.5) is 0 Å². The van der Waals surface area contributed by atoms with E-state index in [1.807, 2.05) is 25.3 Å². The normalized spacial score (nSPS) is 11.2. The average Bonchev–Trinajstić information content (AvgIpc) is 2.43. The first kappa shape index (κ1) is 14.6. The van der Waals surface area contributed by atoms with Gasteiger partial charge in [-0.3, -0.25) is 4.79 Å². The van der Waals surface area contributed by atoms with Gasteiger partial charge in [-0.2, -0.15) is 0 Å². The SMILES string of the molecule is C/C=C(/CCNC(=O)c1cccc(OC)c1)SC. The Morgan fingerprint density at radius 2 is 2.28 bits per heavy atom. The number of methoxy groups -OCH3 is 1. The van der Waals surface area contributed by atoms with E-state index in [-0.39, 0.29) is 5.91 Å². The molecule has 0 bridgehead atoms. The van der Waals surface area contributed by atoms with Crippen molar-refractivity contribution in [3.8, 4) is 5.75 Å². The molecule has 0 heterocycles. The van der Waals surface area contributed by atoms with Gasteiger partial charge in [-0.1, -0.05) is 12.1 Å². The Hall–Kier alpha value is -1.42. The number of thioether (sulfide) groups is 1. The van der Waals surface area contributed by atoms with Gasteiger partial charge >= 0.3 is 0 Å². The summed E-state index contributed by atoms with van der Waals surface area (Å²) in [4.78, 5) is 13.2. The Kier molecular flexibility index (Phi) is 6.36. The van der Waals surface area contributed by atoms with Gasteiger partial charge in [0.05, 0.1) is 7.11 Å². The molecule has 0 aliphatic heterocycles. The minimum absolute atomic E-state index is 0.0644. The lowest BCUT2D eigenvalue weighted by Gasteiger charge is -2.07. The van der Waals surface area contributed by atoms with Crippen LogP contribution < -0.4 is 10.1 Å². The standard InChI is InChI=1S/C14H19NO2S/c1-4-13(18-3)8-9-15-14(16)11-6-5-7-12(10-11)17-2/h4-7,10H,8-9H2,1-3H3,(H,15,16)/b13-4-. The number of ether oxygens (including phenoxy) is 1. The third-order valence-electron chi connectivity index (χ3n) is 2.57. The predicted molar refractivity (Wildman–Crippen MR) is 77.2 cm³/mol. The van der Waals surface area contributed by atoms with Crippen molar-refractivity contribution < 1.29 is 9.53 Å². The van der Waals surface area contributed by atoms with E-state index in [2.05, 4.69) is 11.4 Å². The zero-order valence-electron chi connectivity index (χ0n) is 11.0. The lowest BCUT2D eigenvalue weighted by atomic mass is 10.2. The molecule has 1 aromatic carbocycles. The first-order valence-electron chi connectivity index (χ1n) is 5.82. The summed E-state index contributed by atoms with van der Waals surface area (Å²) in [5.74, 6) is 0.631. The lowest BCUT2D eigenvalue weighted by Crippen LogP contribution is -2.24. The summed E-state index contributed by atoms with van der Waals surface area (Å²) < 4.78 is 5.09. The Bertz CT molecular complexity index is 430. The Balaban J connectivity index is 2.50. The van der Waals surface area contributed by atoms with Crippen molar-refractivity contribution in [1.29, 1.82) is 0 Å². The van der Waals surface area contributed by atoms with Gasteiger partial charge in [0.25, 0.3) is 5.91 Å². The number of hydrogen-bond donors (Lipinski definition) is 1. The molecule has 0 radical (unpaired) electrons. The highest BCUT2D eigenvalue weighted by Gasteiger charge is 2.05. The third-order valence-corrected chi connectivity index (χ3v) is 3.54. The molecule has 1 N–H and O–H groups in total. The molecule has 0 fully saturated rings. The summed E-state index contributed by atoms with van der Waals surface area (Å²) in [5.41, 5.74) is 0.625. The fourth-order valence-corrected chi connectivity index (χ4v) is 2.07. The van der Waals surface area contributed by atoms with Crippen LogP contribution in [0.25, 0.3) is 0 Å². The highest BCUT2D eigenvalue weighted by atomic mass is 32.2. The Morgan fingerprint density at radius 3 is 2.89 bits per heavy atom. The van der Waals surface area contributed by atoms with E-state index >= 15 is 0 Å². The summed E-state index contributed by atoms with van der Waals surface area (Å²) in [5, 5.41) is 2.90. The summed E-state index contributed by atoms with van der Waals surface area (Å²) in [6.45, 7) is 2.66. The molecule has 0 aromatic heterocycles. The van der Waals surface area contributed by atoms with Crippen molar-refractivity contribution in [1.82, 2.24) is 5.32 Å². The van der Waals surface area contributed by atoms with Crippen molar-refractivity contribution in [3.05, 3.63) is 40.8 Å². The fraction of sp³-hybridized carbons (Fsp3) is 0.357. The summed E-state index contributed by atoms with van der Waals surface area (Å²) >= 11 is 1.71. The van der Waals surface area contributed by atoms with E-state index in [0.717, 1.165) is 6.42 Å². The van der Waals surface area contributed by atoms with Crippen LogP contribution in [0.15, 0.2) is 35.2 Å². The molecular formula is C14H19NO2S. The molecule has 0 aliphatic carbocycles. The van der Waals surface area contributed by atoms with Gasteiger partial charge < -0.3 is 10.1 Å². The molecule has 0 spiro atoms. The second-order valence-corrected chi connectivity index (χ2v) is 4.63. The van der Waals surface area contributed by atoms with E-state index in [4.69, 9.17) is 4.74 Å². The smallest absolute Gasteiger partial charge is 0.251 e. The molecule has 98 valence electrons. The number of carbonyl (C=O) groups is 1.